The van der Waals surface area contributed by atoms with Gasteiger partial charge >= 0.3 is 0 Å². The molecule has 4 nitrogen and oxygen atoms in total. The molecule has 134 valence electrons. The van der Waals surface area contributed by atoms with Crippen LogP contribution in [0.3, 0.4) is 0 Å². The van der Waals surface area contributed by atoms with Crippen molar-refractivity contribution in [1.82, 2.24) is 9.97 Å². The maximum atomic E-state index is 13.0. The Morgan fingerprint density at radius 3 is 2.59 bits per heavy atom. The Labute approximate surface area is 162 Å². The van der Waals surface area contributed by atoms with E-state index in [0.29, 0.717) is 10.6 Å². The third kappa shape index (κ3) is 3.82. The number of anilines is 1. The number of nitrogens with one attached hydrogen (secondary N) is 1. The largest absolute Gasteiger partial charge is 0.298 e. The SMILES string of the molecule is O=S(Nc1cc(-c2ccc3ncccc3c2)cnc1Cl)c1ccc(F)cc1. The minimum atomic E-state index is -1.59. The summed E-state index contributed by atoms with van der Waals surface area (Å²) in [4.78, 5) is 8.94. The standard InChI is InChI=1S/C20H13ClFN3OS/c21-20-19(25-27(26)17-6-4-16(22)5-7-17)11-15(12-24-20)13-3-8-18-14(10-13)2-1-9-23-18/h1-12,25H. The smallest absolute Gasteiger partial charge is 0.153 e. The predicted octanol–water partition coefficient (Wildman–Crippen LogP) is 5.22. The number of aromatic nitrogens is 2. The molecule has 0 amide bonds. The summed E-state index contributed by atoms with van der Waals surface area (Å²) < 4.78 is 28.4. The van der Waals surface area contributed by atoms with Gasteiger partial charge in [-0.1, -0.05) is 23.7 Å². The number of pyridine rings is 2. The first-order chi connectivity index (χ1) is 13.1. The molecular formula is C20H13ClFN3OS. The normalized spacial score (nSPS) is 12.1. The second-order valence-electron chi connectivity index (χ2n) is 5.80. The summed E-state index contributed by atoms with van der Waals surface area (Å²) >= 11 is 6.16. The van der Waals surface area contributed by atoms with Crippen LogP contribution >= 0.6 is 11.6 Å². The number of halogens is 2. The van der Waals surface area contributed by atoms with Gasteiger partial charge in [-0.15, -0.1) is 0 Å². The zero-order valence-electron chi connectivity index (χ0n) is 13.9. The van der Waals surface area contributed by atoms with Crippen molar-refractivity contribution in [3.63, 3.8) is 0 Å². The Bertz CT molecular complexity index is 1150. The molecule has 1 unspecified atom stereocenters. The number of benzene rings is 2. The highest BCUT2D eigenvalue weighted by Crippen LogP contribution is 2.29. The highest BCUT2D eigenvalue weighted by molar-refractivity contribution is 7.86. The zero-order valence-corrected chi connectivity index (χ0v) is 15.5. The molecule has 0 saturated heterocycles. The van der Waals surface area contributed by atoms with E-state index < -0.39 is 11.0 Å². The fourth-order valence-corrected chi connectivity index (χ4v) is 3.71. The molecule has 4 rings (SSSR count). The number of nitrogens with zero attached hydrogens (tertiary/aromatic N) is 2. The fourth-order valence-electron chi connectivity index (χ4n) is 2.65. The van der Waals surface area contributed by atoms with Crippen LogP contribution in [-0.4, -0.2) is 14.2 Å². The van der Waals surface area contributed by atoms with Crippen LogP contribution in [0.2, 0.25) is 5.15 Å². The average molecular weight is 398 g/mol. The van der Waals surface area contributed by atoms with Crippen LogP contribution < -0.4 is 4.72 Å². The third-order valence-electron chi connectivity index (χ3n) is 4.01. The van der Waals surface area contributed by atoms with E-state index in [4.69, 9.17) is 11.6 Å². The van der Waals surface area contributed by atoms with E-state index in [2.05, 4.69) is 14.7 Å². The minimum absolute atomic E-state index is 0.205. The van der Waals surface area contributed by atoms with Gasteiger partial charge < -0.3 is 0 Å². The number of hydrogen-bond acceptors (Lipinski definition) is 3. The van der Waals surface area contributed by atoms with E-state index in [1.165, 1.54) is 24.3 Å². The zero-order chi connectivity index (χ0) is 18.8. The molecule has 2 aromatic carbocycles. The van der Waals surface area contributed by atoms with Crippen molar-refractivity contribution in [2.24, 2.45) is 0 Å². The lowest BCUT2D eigenvalue weighted by molar-refractivity contribution is 0.626. The molecule has 0 aliphatic heterocycles. The molecule has 2 aromatic heterocycles. The molecule has 0 bridgehead atoms. The van der Waals surface area contributed by atoms with Crippen LogP contribution in [0.25, 0.3) is 22.0 Å². The molecule has 4 aromatic rings. The lowest BCUT2D eigenvalue weighted by Crippen LogP contribution is -2.06. The monoisotopic (exact) mass is 397 g/mol. The third-order valence-corrected chi connectivity index (χ3v) is 5.41. The van der Waals surface area contributed by atoms with Gasteiger partial charge in [-0.25, -0.2) is 13.6 Å². The maximum Gasteiger partial charge on any atom is 0.153 e. The predicted molar refractivity (Wildman–Crippen MR) is 106 cm³/mol. The Kier molecular flexibility index (Phi) is 4.83. The van der Waals surface area contributed by atoms with Gasteiger partial charge in [0.15, 0.2) is 5.15 Å². The number of rotatable bonds is 4. The van der Waals surface area contributed by atoms with E-state index in [9.17, 15) is 8.60 Å². The second-order valence-corrected chi connectivity index (χ2v) is 7.37. The molecule has 2 heterocycles. The quantitative estimate of drug-likeness (QED) is 0.480. The minimum Gasteiger partial charge on any atom is -0.298 e. The molecule has 7 heteroatoms. The highest BCUT2D eigenvalue weighted by atomic mass is 35.5. The van der Waals surface area contributed by atoms with Gasteiger partial charge in [0.25, 0.3) is 0 Å². The highest BCUT2D eigenvalue weighted by Gasteiger charge is 2.10. The molecule has 0 aliphatic rings. The molecular weight excluding hydrogens is 385 g/mol. The summed E-state index contributed by atoms with van der Waals surface area (Å²) in [7, 11) is -1.59. The molecule has 0 aliphatic carbocycles. The van der Waals surface area contributed by atoms with E-state index in [0.717, 1.165) is 22.0 Å². The summed E-state index contributed by atoms with van der Waals surface area (Å²) in [5, 5.41) is 1.21. The molecule has 0 saturated carbocycles. The van der Waals surface area contributed by atoms with Crippen molar-refractivity contribution in [2.75, 3.05) is 4.72 Å². The van der Waals surface area contributed by atoms with E-state index in [-0.39, 0.29) is 11.0 Å². The average Bonchev–Trinajstić information content (AvgIpc) is 2.69. The Morgan fingerprint density at radius 2 is 1.78 bits per heavy atom. The van der Waals surface area contributed by atoms with Crippen LogP contribution in [-0.2, 0) is 11.0 Å². The topological polar surface area (TPSA) is 54.9 Å². The van der Waals surface area contributed by atoms with Crippen LogP contribution in [0.4, 0.5) is 10.1 Å². The summed E-state index contributed by atoms with van der Waals surface area (Å²) in [6.07, 6.45) is 3.41. The summed E-state index contributed by atoms with van der Waals surface area (Å²) in [6, 6.07) is 17.0. The van der Waals surface area contributed by atoms with Crippen molar-refractivity contribution in [3.8, 4) is 11.1 Å². The molecule has 27 heavy (non-hydrogen) atoms. The summed E-state index contributed by atoms with van der Waals surface area (Å²) in [5.41, 5.74) is 3.10. The fraction of sp³-hybridized carbons (Fsp3) is 0. The van der Waals surface area contributed by atoms with E-state index in [1.807, 2.05) is 30.3 Å². The van der Waals surface area contributed by atoms with Gasteiger partial charge in [-0.3, -0.25) is 9.71 Å². The van der Waals surface area contributed by atoms with Gasteiger partial charge in [-0.05, 0) is 54.1 Å². The Morgan fingerprint density at radius 1 is 0.963 bits per heavy atom. The van der Waals surface area contributed by atoms with E-state index in [1.54, 1.807) is 18.5 Å². The van der Waals surface area contributed by atoms with Crippen molar-refractivity contribution in [1.29, 1.82) is 0 Å². The molecule has 0 fully saturated rings. The molecule has 1 N–H and O–H groups in total. The molecule has 0 radical (unpaired) electrons. The number of hydrogen-bond donors (Lipinski definition) is 1. The van der Waals surface area contributed by atoms with Crippen molar-refractivity contribution >= 4 is 39.2 Å². The summed E-state index contributed by atoms with van der Waals surface area (Å²) in [6.45, 7) is 0. The van der Waals surface area contributed by atoms with Crippen molar-refractivity contribution < 1.29 is 8.60 Å². The van der Waals surface area contributed by atoms with Crippen molar-refractivity contribution in [3.05, 3.63) is 84.0 Å². The van der Waals surface area contributed by atoms with Gasteiger partial charge in [0, 0.05) is 23.3 Å². The first-order valence-electron chi connectivity index (χ1n) is 8.05. The van der Waals surface area contributed by atoms with Crippen molar-refractivity contribution in [2.45, 2.75) is 4.90 Å². The Hall–Kier alpha value is -2.83. The van der Waals surface area contributed by atoms with Gasteiger partial charge in [-0.2, -0.15) is 0 Å². The van der Waals surface area contributed by atoms with Crippen LogP contribution in [0.15, 0.2) is 78.0 Å². The lowest BCUT2D eigenvalue weighted by Gasteiger charge is -2.10. The van der Waals surface area contributed by atoms with Gasteiger partial charge in [0.05, 0.1) is 16.1 Å². The number of fused-ring (bicyclic) bond motifs is 1. The van der Waals surface area contributed by atoms with E-state index >= 15 is 0 Å². The molecule has 0 spiro atoms. The second kappa shape index (κ2) is 7.42. The van der Waals surface area contributed by atoms with Crippen LogP contribution in [0.1, 0.15) is 0 Å². The first kappa shape index (κ1) is 17.6. The maximum absolute atomic E-state index is 13.0. The van der Waals surface area contributed by atoms with Gasteiger partial charge in [0.2, 0.25) is 0 Å². The van der Waals surface area contributed by atoms with Gasteiger partial charge in [0.1, 0.15) is 16.8 Å². The molecule has 1 atom stereocenters. The summed E-state index contributed by atoms with van der Waals surface area (Å²) in [5.74, 6) is -0.386. The lowest BCUT2D eigenvalue weighted by atomic mass is 10.0. The Balaban J connectivity index is 1.66. The first-order valence-corrected chi connectivity index (χ1v) is 9.58. The van der Waals surface area contributed by atoms with Crippen LogP contribution in [0.5, 0.6) is 0 Å². The van der Waals surface area contributed by atoms with Crippen LogP contribution in [0, 0.1) is 5.82 Å².